The minimum Gasteiger partial charge on any atom is -0.350 e. The second-order valence-corrected chi connectivity index (χ2v) is 6.29. The van der Waals surface area contributed by atoms with Gasteiger partial charge in [-0.3, -0.25) is 0 Å². The van der Waals surface area contributed by atoms with Gasteiger partial charge in [0.2, 0.25) is 0 Å². The lowest BCUT2D eigenvalue weighted by Crippen LogP contribution is -2.23. The lowest BCUT2D eigenvalue weighted by molar-refractivity contribution is -0.137. The van der Waals surface area contributed by atoms with Gasteiger partial charge in [0, 0.05) is 12.2 Å². The minimum absolute atomic E-state index is 0.203. The summed E-state index contributed by atoms with van der Waals surface area (Å²) >= 11 is 0. The van der Waals surface area contributed by atoms with Crippen molar-refractivity contribution in [2.45, 2.75) is 18.9 Å². The molecular weight excluding hydrogens is 357 g/mol. The van der Waals surface area contributed by atoms with Crippen LogP contribution in [0.1, 0.15) is 23.0 Å². The van der Waals surface area contributed by atoms with Crippen molar-refractivity contribution in [3.05, 3.63) is 77.6 Å². The number of aromatic nitrogens is 3. The molecule has 0 saturated carbocycles. The van der Waals surface area contributed by atoms with E-state index in [9.17, 15) is 13.2 Å². The van der Waals surface area contributed by atoms with Gasteiger partial charge in [0.15, 0.2) is 6.23 Å². The SMILES string of the molecule is FC(F)(F)c1cccc(Cn2cc([C@H]3OCCN3c3ccccc3)nn2)c1. The quantitative estimate of drug-likeness (QED) is 0.695. The molecule has 2 aromatic carbocycles. The highest BCUT2D eigenvalue weighted by molar-refractivity contribution is 5.48. The molecule has 8 heteroatoms. The molecule has 140 valence electrons. The molecule has 0 bridgehead atoms. The maximum atomic E-state index is 12.9. The zero-order chi connectivity index (χ0) is 18.9. The molecule has 1 aliphatic rings. The molecule has 0 radical (unpaired) electrons. The number of para-hydroxylation sites is 1. The third kappa shape index (κ3) is 3.80. The largest absolute Gasteiger partial charge is 0.416 e. The standard InChI is InChI=1S/C19H17F3N4O/c20-19(21,22)15-6-4-5-14(11-15)12-25-13-17(23-24-25)18-26(9-10-27-18)16-7-2-1-3-8-16/h1-8,11,13,18H,9-10,12H2/t18-/m1/s1. The molecule has 1 aromatic heterocycles. The molecule has 0 aliphatic carbocycles. The summed E-state index contributed by atoms with van der Waals surface area (Å²) in [6.45, 7) is 1.50. The van der Waals surface area contributed by atoms with Crippen molar-refractivity contribution in [1.29, 1.82) is 0 Å². The zero-order valence-corrected chi connectivity index (χ0v) is 14.3. The fourth-order valence-electron chi connectivity index (χ4n) is 3.14. The van der Waals surface area contributed by atoms with Gasteiger partial charge in [0.05, 0.1) is 24.9 Å². The third-order valence-electron chi connectivity index (χ3n) is 4.39. The van der Waals surface area contributed by atoms with Crippen LogP contribution in [0.5, 0.6) is 0 Å². The second kappa shape index (κ2) is 7.03. The highest BCUT2D eigenvalue weighted by Gasteiger charge is 2.31. The van der Waals surface area contributed by atoms with E-state index >= 15 is 0 Å². The third-order valence-corrected chi connectivity index (χ3v) is 4.39. The molecule has 1 aliphatic heterocycles. The lowest BCUT2D eigenvalue weighted by atomic mass is 10.1. The van der Waals surface area contributed by atoms with Gasteiger partial charge in [-0.05, 0) is 29.8 Å². The lowest BCUT2D eigenvalue weighted by Gasteiger charge is -2.23. The fraction of sp³-hybridized carbons (Fsp3) is 0.263. The molecule has 5 nitrogen and oxygen atoms in total. The molecule has 0 amide bonds. The van der Waals surface area contributed by atoms with Crippen LogP contribution >= 0.6 is 0 Å². The van der Waals surface area contributed by atoms with Gasteiger partial charge >= 0.3 is 6.18 Å². The maximum Gasteiger partial charge on any atom is 0.416 e. The van der Waals surface area contributed by atoms with Crippen LogP contribution in [0, 0.1) is 0 Å². The molecule has 0 unspecified atom stereocenters. The first-order chi connectivity index (χ1) is 13.0. The van der Waals surface area contributed by atoms with Gasteiger partial charge in [-0.2, -0.15) is 13.2 Å². The van der Waals surface area contributed by atoms with Crippen molar-refractivity contribution >= 4 is 5.69 Å². The molecule has 0 spiro atoms. The first-order valence-corrected chi connectivity index (χ1v) is 8.50. The Labute approximate surface area is 154 Å². The van der Waals surface area contributed by atoms with Crippen LogP contribution in [-0.4, -0.2) is 28.1 Å². The first kappa shape index (κ1) is 17.5. The summed E-state index contributed by atoms with van der Waals surface area (Å²) in [7, 11) is 0. The van der Waals surface area contributed by atoms with E-state index in [0.717, 1.165) is 24.4 Å². The Morgan fingerprint density at radius 2 is 1.89 bits per heavy atom. The zero-order valence-electron chi connectivity index (χ0n) is 14.3. The summed E-state index contributed by atoms with van der Waals surface area (Å²) in [4.78, 5) is 2.08. The van der Waals surface area contributed by atoms with E-state index in [-0.39, 0.29) is 12.8 Å². The maximum absolute atomic E-state index is 12.9. The van der Waals surface area contributed by atoms with Crippen molar-refractivity contribution in [1.82, 2.24) is 15.0 Å². The summed E-state index contributed by atoms with van der Waals surface area (Å²) in [5, 5.41) is 8.22. The van der Waals surface area contributed by atoms with E-state index in [2.05, 4.69) is 15.2 Å². The Bertz CT molecular complexity index is 911. The van der Waals surface area contributed by atoms with Gasteiger partial charge in [-0.25, -0.2) is 4.68 Å². The highest BCUT2D eigenvalue weighted by atomic mass is 19.4. The summed E-state index contributed by atoms with van der Waals surface area (Å²) in [6, 6.07) is 15.1. The van der Waals surface area contributed by atoms with Crippen molar-refractivity contribution in [3.63, 3.8) is 0 Å². The number of alkyl halides is 3. The molecule has 2 heterocycles. The van der Waals surface area contributed by atoms with Crippen molar-refractivity contribution in [2.75, 3.05) is 18.1 Å². The van der Waals surface area contributed by atoms with Gasteiger partial charge in [0.25, 0.3) is 0 Å². The number of ether oxygens (including phenoxy) is 1. The van der Waals surface area contributed by atoms with Gasteiger partial charge in [0.1, 0.15) is 5.69 Å². The van der Waals surface area contributed by atoms with Crippen molar-refractivity contribution < 1.29 is 17.9 Å². The summed E-state index contributed by atoms with van der Waals surface area (Å²) in [6.07, 6.45) is -3.01. The predicted octanol–water partition coefficient (Wildman–Crippen LogP) is 3.88. The molecule has 1 fully saturated rings. The molecule has 3 aromatic rings. The van der Waals surface area contributed by atoms with E-state index in [4.69, 9.17) is 4.74 Å². The van der Waals surface area contributed by atoms with E-state index in [1.54, 1.807) is 12.3 Å². The molecule has 1 saturated heterocycles. The van der Waals surface area contributed by atoms with Crippen LogP contribution in [-0.2, 0) is 17.5 Å². The molecule has 1 atom stereocenters. The molecule has 27 heavy (non-hydrogen) atoms. The highest BCUT2D eigenvalue weighted by Crippen LogP contribution is 2.31. The predicted molar refractivity (Wildman–Crippen MR) is 93.0 cm³/mol. The normalized spacial score (nSPS) is 17.4. The number of anilines is 1. The molecular formula is C19H17F3N4O. The topological polar surface area (TPSA) is 43.2 Å². The number of hydrogen-bond acceptors (Lipinski definition) is 4. The van der Waals surface area contributed by atoms with Gasteiger partial charge in [-0.15, -0.1) is 5.10 Å². The van der Waals surface area contributed by atoms with Crippen LogP contribution in [0.25, 0.3) is 0 Å². The van der Waals surface area contributed by atoms with Crippen LogP contribution in [0.4, 0.5) is 18.9 Å². The second-order valence-electron chi connectivity index (χ2n) is 6.29. The molecule has 4 rings (SSSR count). The Morgan fingerprint density at radius 3 is 2.67 bits per heavy atom. The number of nitrogens with zero attached hydrogens (tertiary/aromatic N) is 4. The molecule has 0 N–H and O–H groups in total. The number of rotatable bonds is 4. The van der Waals surface area contributed by atoms with Crippen LogP contribution in [0.15, 0.2) is 60.8 Å². The summed E-state index contributed by atoms with van der Waals surface area (Å²) < 4.78 is 45.9. The Balaban J connectivity index is 1.52. The van der Waals surface area contributed by atoms with Gasteiger partial charge < -0.3 is 9.64 Å². The number of benzene rings is 2. The Hall–Kier alpha value is -2.87. The Kier molecular flexibility index (Phi) is 4.57. The summed E-state index contributed by atoms with van der Waals surface area (Å²) in [5.41, 5.74) is 1.49. The van der Waals surface area contributed by atoms with E-state index < -0.39 is 11.7 Å². The summed E-state index contributed by atoms with van der Waals surface area (Å²) in [5.74, 6) is 0. The average Bonchev–Trinajstić information content (AvgIpc) is 3.31. The number of hydrogen-bond donors (Lipinski definition) is 0. The van der Waals surface area contributed by atoms with Crippen LogP contribution in [0.3, 0.4) is 0 Å². The van der Waals surface area contributed by atoms with Crippen LogP contribution < -0.4 is 4.90 Å². The van der Waals surface area contributed by atoms with Crippen LogP contribution in [0.2, 0.25) is 0 Å². The smallest absolute Gasteiger partial charge is 0.350 e. The monoisotopic (exact) mass is 374 g/mol. The minimum atomic E-state index is -4.36. The Morgan fingerprint density at radius 1 is 1.07 bits per heavy atom. The van der Waals surface area contributed by atoms with Gasteiger partial charge in [-0.1, -0.05) is 35.5 Å². The van der Waals surface area contributed by atoms with E-state index in [0.29, 0.717) is 17.9 Å². The fourth-order valence-corrected chi connectivity index (χ4v) is 3.14. The van der Waals surface area contributed by atoms with Crippen molar-refractivity contribution in [3.8, 4) is 0 Å². The van der Waals surface area contributed by atoms with Crippen molar-refractivity contribution in [2.24, 2.45) is 0 Å². The number of halogens is 3. The van der Waals surface area contributed by atoms with E-state index in [1.807, 2.05) is 30.3 Å². The van der Waals surface area contributed by atoms with E-state index in [1.165, 1.54) is 10.7 Å². The first-order valence-electron chi connectivity index (χ1n) is 8.50. The average molecular weight is 374 g/mol.